The zero-order chi connectivity index (χ0) is 27.1. The molecular weight excluding hydrogens is 590 g/mol. The van der Waals surface area contributed by atoms with Crippen molar-refractivity contribution in [3.8, 4) is 5.69 Å². The van der Waals surface area contributed by atoms with Crippen LogP contribution in [0.25, 0.3) is 5.69 Å². The van der Waals surface area contributed by atoms with E-state index in [0.29, 0.717) is 16.9 Å². The number of benzene rings is 2. The number of nitrogens with zero attached hydrogens (tertiary/aromatic N) is 4. The van der Waals surface area contributed by atoms with Crippen molar-refractivity contribution in [2.45, 2.75) is 32.4 Å². The van der Waals surface area contributed by atoms with Gasteiger partial charge in [0.15, 0.2) is 5.11 Å². The molecule has 2 fully saturated rings. The first-order valence-electron chi connectivity index (χ1n) is 13.4. The number of rotatable bonds is 5. The van der Waals surface area contributed by atoms with E-state index in [4.69, 9.17) is 28.8 Å². The molecule has 2 saturated heterocycles. The van der Waals surface area contributed by atoms with Gasteiger partial charge in [-0.2, -0.15) is 0 Å². The molecule has 4 heterocycles. The summed E-state index contributed by atoms with van der Waals surface area (Å²) in [6.07, 6.45) is 5.19. The zero-order valence-electron chi connectivity index (χ0n) is 22.0. The number of anilines is 2. The van der Waals surface area contributed by atoms with E-state index in [1.54, 1.807) is 0 Å². The van der Waals surface area contributed by atoms with Crippen LogP contribution in [0.1, 0.15) is 43.7 Å². The summed E-state index contributed by atoms with van der Waals surface area (Å²) in [6, 6.07) is 24.7. The van der Waals surface area contributed by atoms with Crippen molar-refractivity contribution in [3.05, 3.63) is 106 Å². The van der Waals surface area contributed by atoms with Gasteiger partial charge < -0.3 is 19.7 Å². The van der Waals surface area contributed by atoms with Gasteiger partial charge in [0.25, 0.3) is 0 Å². The molecule has 1 N–H and O–H groups in total. The topological polar surface area (TPSA) is 36.3 Å². The molecule has 39 heavy (non-hydrogen) atoms. The molecule has 0 unspecified atom stereocenters. The van der Waals surface area contributed by atoms with Crippen LogP contribution in [-0.4, -0.2) is 27.8 Å². The lowest BCUT2D eigenvalue weighted by atomic mass is 9.91. The van der Waals surface area contributed by atoms with Gasteiger partial charge in [0.2, 0.25) is 0 Å². The van der Waals surface area contributed by atoms with Crippen LogP contribution in [0.3, 0.4) is 0 Å². The molecule has 2 aliphatic rings. The van der Waals surface area contributed by atoms with Crippen LogP contribution in [0.2, 0.25) is 5.02 Å². The highest BCUT2D eigenvalue weighted by Gasteiger charge is 2.42. The summed E-state index contributed by atoms with van der Waals surface area (Å²) in [7, 11) is 0. The molecule has 0 bridgehead atoms. The predicted molar refractivity (Wildman–Crippen MR) is 168 cm³/mol. The molecule has 8 heteroatoms. The first-order valence-corrected chi connectivity index (χ1v) is 15.0. The fourth-order valence-electron chi connectivity index (χ4n) is 6.17. The van der Waals surface area contributed by atoms with E-state index in [-0.39, 0.29) is 12.1 Å². The van der Waals surface area contributed by atoms with Crippen molar-refractivity contribution in [2.75, 3.05) is 22.9 Å². The Hall–Kier alpha value is -2.87. The second-order valence-electron chi connectivity index (χ2n) is 10.8. The summed E-state index contributed by atoms with van der Waals surface area (Å²) >= 11 is 16.5. The minimum atomic E-state index is -0.136. The van der Waals surface area contributed by atoms with Crippen LogP contribution in [0.5, 0.6) is 0 Å². The largest absolute Gasteiger partial charge is 0.370 e. The van der Waals surface area contributed by atoms with Gasteiger partial charge in [-0.25, -0.2) is 0 Å². The minimum Gasteiger partial charge on any atom is -0.370 e. The fourth-order valence-corrected chi connectivity index (χ4v) is 7.07. The maximum absolute atomic E-state index is 7.00. The molecule has 2 aromatic heterocycles. The smallest absolute Gasteiger partial charge is 0.174 e. The molecule has 0 amide bonds. The average molecular weight is 621 g/mol. The first kappa shape index (κ1) is 26.4. The lowest BCUT2D eigenvalue weighted by molar-refractivity contribution is 0.357. The van der Waals surface area contributed by atoms with Gasteiger partial charge in [-0.05, 0) is 97.2 Å². The van der Waals surface area contributed by atoms with Gasteiger partial charge >= 0.3 is 0 Å². The number of nitrogens with one attached hydrogen (secondary N) is 1. The Bertz CT molecular complexity index is 1460. The molecule has 6 rings (SSSR count). The molecule has 5 nitrogen and oxygen atoms in total. The van der Waals surface area contributed by atoms with Crippen LogP contribution in [0.4, 0.5) is 11.4 Å². The summed E-state index contributed by atoms with van der Waals surface area (Å²) in [4.78, 5) is 9.33. The number of halogens is 2. The van der Waals surface area contributed by atoms with E-state index < -0.39 is 0 Å². The lowest BCUT2D eigenvalue weighted by Gasteiger charge is -2.37. The normalized spacial score (nSPS) is 23.2. The van der Waals surface area contributed by atoms with E-state index >= 15 is 0 Å². The maximum atomic E-state index is 7.00. The van der Waals surface area contributed by atoms with Crippen LogP contribution >= 0.6 is 39.7 Å². The molecule has 0 spiro atoms. The SMILES string of the molecule is C[C@@H]1C[C@H](C)CN(c2ccc(N3C(=S)N[C@H](c4ccccn4)[C@H]3c3cccn3-c3ccc(Br)cc3)cc2Cl)C1. The highest BCUT2D eigenvalue weighted by molar-refractivity contribution is 9.10. The third kappa shape index (κ3) is 5.20. The van der Waals surface area contributed by atoms with Crippen LogP contribution in [0, 0.1) is 11.8 Å². The third-order valence-electron chi connectivity index (χ3n) is 7.71. The Labute approximate surface area is 248 Å². The van der Waals surface area contributed by atoms with Gasteiger partial charge in [-0.3, -0.25) is 4.98 Å². The third-order valence-corrected chi connectivity index (χ3v) is 8.85. The summed E-state index contributed by atoms with van der Waals surface area (Å²) in [6.45, 7) is 6.70. The number of aromatic nitrogens is 2. The fraction of sp³-hybridized carbons (Fsp3) is 0.290. The van der Waals surface area contributed by atoms with Crippen molar-refractivity contribution >= 4 is 56.2 Å². The quantitative estimate of drug-likeness (QED) is 0.229. The van der Waals surface area contributed by atoms with Crippen LogP contribution in [-0.2, 0) is 0 Å². The molecular formula is C31H31BrClN5S. The number of thiocarbonyl (C=S) groups is 1. The Morgan fingerprint density at radius 1 is 0.949 bits per heavy atom. The van der Waals surface area contributed by atoms with E-state index in [1.165, 1.54) is 6.42 Å². The van der Waals surface area contributed by atoms with Crippen LogP contribution < -0.4 is 15.1 Å². The second kappa shape index (κ2) is 11.0. The summed E-state index contributed by atoms with van der Waals surface area (Å²) in [5, 5.41) is 4.98. The first-order chi connectivity index (χ1) is 18.9. The van der Waals surface area contributed by atoms with Gasteiger partial charge in [0, 0.05) is 47.0 Å². The van der Waals surface area contributed by atoms with Gasteiger partial charge in [-0.1, -0.05) is 47.4 Å². The molecule has 200 valence electrons. The number of piperidine rings is 1. The minimum absolute atomic E-state index is 0.134. The monoisotopic (exact) mass is 619 g/mol. The van der Waals surface area contributed by atoms with Crippen molar-refractivity contribution in [2.24, 2.45) is 11.8 Å². The van der Waals surface area contributed by atoms with Gasteiger partial charge in [0.1, 0.15) is 6.04 Å². The van der Waals surface area contributed by atoms with Gasteiger partial charge in [0.05, 0.1) is 22.4 Å². The Balaban J connectivity index is 1.42. The Morgan fingerprint density at radius 3 is 2.38 bits per heavy atom. The number of hydrogen-bond donors (Lipinski definition) is 1. The Morgan fingerprint density at radius 2 is 1.69 bits per heavy atom. The number of hydrogen-bond acceptors (Lipinski definition) is 3. The standard InChI is InChI=1S/C31H31BrClN5S/c1-20-16-21(2)19-36(18-20)27-13-12-24(17-25(27)33)38-30(29(35-31(38)39)26-6-3-4-14-34-26)28-7-5-15-37(28)23-10-8-22(32)9-11-23/h3-15,17,20-21,29-30H,16,18-19H2,1-2H3,(H,35,39)/t20-,21+,29-,30-/m1/s1. The molecule has 0 aliphatic carbocycles. The van der Waals surface area contributed by atoms with E-state index in [9.17, 15) is 0 Å². The van der Waals surface area contributed by atoms with Crippen molar-refractivity contribution in [1.29, 1.82) is 0 Å². The average Bonchev–Trinajstić information content (AvgIpc) is 3.53. The predicted octanol–water partition coefficient (Wildman–Crippen LogP) is 7.95. The highest BCUT2D eigenvalue weighted by Crippen LogP contribution is 2.44. The summed E-state index contributed by atoms with van der Waals surface area (Å²) in [5.41, 5.74) is 5.19. The van der Waals surface area contributed by atoms with Crippen LogP contribution in [0.15, 0.2) is 89.7 Å². The molecule has 0 saturated carbocycles. The summed E-state index contributed by atoms with van der Waals surface area (Å²) in [5.74, 6) is 1.30. The van der Waals surface area contributed by atoms with E-state index in [1.807, 2.05) is 18.3 Å². The maximum Gasteiger partial charge on any atom is 0.174 e. The van der Waals surface area contributed by atoms with E-state index in [2.05, 4.69) is 116 Å². The molecule has 4 atom stereocenters. The number of pyridine rings is 1. The van der Waals surface area contributed by atoms with Crippen molar-refractivity contribution in [1.82, 2.24) is 14.9 Å². The molecule has 4 aromatic rings. The summed E-state index contributed by atoms with van der Waals surface area (Å²) < 4.78 is 3.27. The molecule has 0 radical (unpaired) electrons. The molecule has 2 aliphatic heterocycles. The lowest BCUT2D eigenvalue weighted by Crippen LogP contribution is -2.38. The van der Waals surface area contributed by atoms with Crippen molar-refractivity contribution in [3.63, 3.8) is 0 Å². The van der Waals surface area contributed by atoms with E-state index in [0.717, 1.165) is 51.0 Å². The van der Waals surface area contributed by atoms with Crippen molar-refractivity contribution < 1.29 is 0 Å². The zero-order valence-corrected chi connectivity index (χ0v) is 25.1. The highest BCUT2D eigenvalue weighted by atomic mass is 79.9. The Kier molecular flexibility index (Phi) is 7.40. The molecule has 2 aromatic carbocycles. The second-order valence-corrected chi connectivity index (χ2v) is 12.5. The van der Waals surface area contributed by atoms with Gasteiger partial charge in [-0.15, -0.1) is 0 Å².